The van der Waals surface area contributed by atoms with Gasteiger partial charge in [-0.15, -0.1) is 0 Å². The highest BCUT2D eigenvalue weighted by atomic mass is 19.1. The molecule has 0 fully saturated rings. The van der Waals surface area contributed by atoms with E-state index in [0.717, 1.165) is 19.0 Å². The highest BCUT2D eigenvalue weighted by molar-refractivity contribution is 5.23. The maximum atomic E-state index is 12.8. The number of nitrogens with one attached hydrogen (secondary N) is 1. The van der Waals surface area contributed by atoms with E-state index in [4.69, 9.17) is 4.74 Å². The largest absolute Gasteiger partial charge is 0.490 e. The van der Waals surface area contributed by atoms with Crippen LogP contribution < -0.4 is 10.1 Å². The predicted molar refractivity (Wildman–Crippen MR) is 55.0 cm³/mol. The Morgan fingerprint density at radius 1 is 1.27 bits per heavy atom. The number of ether oxygens (including phenoxy) is 1. The molecule has 1 rings (SSSR count). The van der Waals surface area contributed by atoms with Crippen LogP contribution in [-0.2, 0) is 0 Å². The Bertz CT molecular complexity index is 297. The number of rotatable bonds is 5. The van der Waals surface area contributed by atoms with Crippen LogP contribution in [0.4, 0.5) is 8.78 Å². The number of hydrogen-bond donors (Lipinski definition) is 1. The molecule has 1 unspecified atom stereocenters. The molecule has 1 aromatic rings. The average molecular weight is 215 g/mol. The minimum Gasteiger partial charge on any atom is -0.490 e. The molecule has 1 N–H and O–H groups in total. The van der Waals surface area contributed by atoms with Gasteiger partial charge in [-0.05, 0) is 26.9 Å². The minimum absolute atomic E-state index is 0.0707. The van der Waals surface area contributed by atoms with Gasteiger partial charge in [0, 0.05) is 18.2 Å². The molecular formula is C11H15F2NO. The van der Waals surface area contributed by atoms with Crippen molar-refractivity contribution in [2.24, 2.45) is 0 Å². The quantitative estimate of drug-likeness (QED) is 0.814. The third-order valence-electron chi connectivity index (χ3n) is 1.97. The summed E-state index contributed by atoms with van der Waals surface area (Å²) in [5.74, 6) is -1.01. The van der Waals surface area contributed by atoms with Crippen molar-refractivity contribution in [2.75, 3.05) is 13.6 Å². The zero-order valence-corrected chi connectivity index (χ0v) is 8.89. The summed E-state index contributed by atoms with van der Waals surface area (Å²) in [5.41, 5.74) is 0. The van der Waals surface area contributed by atoms with E-state index >= 15 is 0 Å². The molecule has 1 aromatic carbocycles. The first-order valence-electron chi connectivity index (χ1n) is 4.89. The van der Waals surface area contributed by atoms with Gasteiger partial charge in [-0.25, -0.2) is 8.78 Å². The van der Waals surface area contributed by atoms with Gasteiger partial charge in [0.05, 0.1) is 6.10 Å². The number of halogens is 2. The predicted octanol–water partition coefficient (Wildman–Crippen LogP) is 2.34. The Kier molecular flexibility index (Phi) is 4.49. The number of benzene rings is 1. The van der Waals surface area contributed by atoms with Crippen LogP contribution in [0.1, 0.15) is 13.3 Å². The summed E-state index contributed by atoms with van der Waals surface area (Å²) in [7, 11) is 1.84. The van der Waals surface area contributed by atoms with Crippen LogP contribution in [0.15, 0.2) is 18.2 Å². The first-order valence-corrected chi connectivity index (χ1v) is 4.89. The van der Waals surface area contributed by atoms with Crippen molar-refractivity contribution >= 4 is 0 Å². The first-order chi connectivity index (χ1) is 7.11. The molecule has 0 aliphatic heterocycles. The van der Waals surface area contributed by atoms with Crippen LogP contribution in [0.2, 0.25) is 0 Å². The van der Waals surface area contributed by atoms with Gasteiger partial charge in [0.2, 0.25) is 0 Å². The molecule has 0 aromatic heterocycles. The molecule has 1 atom stereocenters. The van der Waals surface area contributed by atoms with E-state index in [1.54, 1.807) is 0 Å². The molecule has 0 aliphatic rings. The van der Waals surface area contributed by atoms with Crippen molar-refractivity contribution in [1.29, 1.82) is 0 Å². The molecule has 4 heteroatoms. The summed E-state index contributed by atoms with van der Waals surface area (Å²) in [6.07, 6.45) is 0.716. The van der Waals surface area contributed by atoms with Crippen LogP contribution in [0.5, 0.6) is 5.75 Å². The van der Waals surface area contributed by atoms with Crippen LogP contribution in [0.3, 0.4) is 0 Å². The second kappa shape index (κ2) is 5.66. The molecule has 0 heterocycles. The third kappa shape index (κ3) is 4.25. The van der Waals surface area contributed by atoms with Gasteiger partial charge in [-0.1, -0.05) is 0 Å². The molecular weight excluding hydrogens is 200 g/mol. The summed E-state index contributed by atoms with van der Waals surface area (Å²) >= 11 is 0. The Hall–Kier alpha value is -1.16. The third-order valence-corrected chi connectivity index (χ3v) is 1.97. The Labute approximate surface area is 88.3 Å². The molecule has 84 valence electrons. The molecule has 0 saturated carbocycles. The Balaban J connectivity index is 2.56. The fraction of sp³-hybridized carbons (Fsp3) is 0.455. The fourth-order valence-electron chi connectivity index (χ4n) is 1.24. The lowest BCUT2D eigenvalue weighted by Gasteiger charge is -2.14. The molecule has 0 amide bonds. The van der Waals surface area contributed by atoms with Gasteiger partial charge in [-0.2, -0.15) is 0 Å². The minimum atomic E-state index is -0.620. The monoisotopic (exact) mass is 215 g/mol. The molecule has 0 radical (unpaired) electrons. The van der Waals surface area contributed by atoms with E-state index in [9.17, 15) is 8.78 Å². The highest BCUT2D eigenvalue weighted by Gasteiger charge is 2.06. The Morgan fingerprint density at radius 3 is 2.40 bits per heavy atom. The lowest BCUT2D eigenvalue weighted by molar-refractivity contribution is 0.209. The highest BCUT2D eigenvalue weighted by Crippen LogP contribution is 2.17. The summed E-state index contributed by atoms with van der Waals surface area (Å²) in [4.78, 5) is 0. The molecule has 0 spiro atoms. The smallest absolute Gasteiger partial charge is 0.129 e. The van der Waals surface area contributed by atoms with Gasteiger partial charge < -0.3 is 10.1 Å². The van der Waals surface area contributed by atoms with Gasteiger partial charge in [0.1, 0.15) is 17.4 Å². The van der Waals surface area contributed by atoms with Crippen molar-refractivity contribution in [3.63, 3.8) is 0 Å². The lowest BCUT2D eigenvalue weighted by Crippen LogP contribution is -2.19. The molecule has 0 aliphatic carbocycles. The topological polar surface area (TPSA) is 21.3 Å². The van der Waals surface area contributed by atoms with E-state index in [-0.39, 0.29) is 11.9 Å². The summed E-state index contributed by atoms with van der Waals surface area (Å²) in [6.45, 7) is 2.67. The van der Waals surface area contributed by atoms with Crippen LogP contribution in [0, 0.1) is 11.6 Å². The zero-order chi connectivity index (χ0) is 11.3. The SMILES string of the molecule is CNCCC(C)Oc1cc(F)cc(F)c1. The van der Waals surface area contributed by atoms with Crippen molar-refractivity contribution in [2.45, 2.75) is 19.4 Å². The number of hydrogen-bond acceptors (Lipinski definition) is 2. The van der Waals surface area contributed by atoms with Crippen molar-refractivity contribution < 1.29 is 13.5 Å². The maximum absolute atomic E-state index is 12.8. The van der Waals surface area contributed by atoms with Gasteiger partial charge in [0.25, 0.3) is 0 Å². The van der Waals surface area contributed by atoms with Crippen molar-refractivity contribution in [1.82, 2.24) is 5.32 Å². The maximum Gasteiger partial charge on any atom is 0.129 e. The molecule has 0 bridgehead atoms. The van der Waals surface area contributed by atoms with Gasteiger partial charge >= 0.3 is 0 Å². The lowest BCUT2D eigenvalue weighted by atomic mass is 10.2. The van der Waals surface area contributed by atoms with Crippen molar-refractivity contribution in [3.8, 4) is 5.75 Å². The molecule has 2 nitrogen and oxygen atoms in total. The normalized spacial score (nSPS) is 12.5. The van der Waals surface area contributed by atoms with E-state index in [1.165, 1.54) is 12.1 Å². The second-order valence-electron chi connectivity index (χ2n) is 3.43. The summed E-state index contributed by atoms with van der Waals surface area (Å²) in [6, 6.07) is 3.18. The van der Waals surface area contributed by atoms with Crippen LogP contribution in [-0.4, -0.2) is 19.7 Å². The second-order valence-corrected chi connectivity index (χ2v) is 3.43. The van der Waals surface area contributed by atoms with Crippen molar-refractivity contribution in [3.05, 3.63) is 29.8 Å². The average Bonchev–Trinajstić information content (AvgIpc) is 2.13. The van der Waals surface area contributed by atoms with Gasteiger partial charge in [0.15, 0.2) is 0 Å². The van der Waals surface area contributed by atoms with E-state index in [0.29, 0.717) is 0 Å². The van der Waals surface area contributed by atoms with Gasteiger partial charge in [-0.3, -0.25) is 0 Å². The van der Waals surface area contributed by atoms with E-state index < -0.39 is 11.6 Å². The summed E-state index contributed by atoms with van der Waals surface area (Å²) in [5, 5.41) is 2.98. The Morgan fingerprint density at radius 2 is 1.87 bits per heavy atom. The fourth-order valence-corrected chi connectivity index (χ4v) is 1.24. The molecule has 0 saturated heterocycles. The van der Waals surface area contributed by atoms with E-state index in [1.807, 2.05) is 14.0 Å². The molecule has 15 heavy (non-hydrogen) atoms. The summed E-state index contributed by atoms with van der Waals surface area (Å²) < 4.78 is 31.0. The standard InChI is InChI=1S/C11H15F2NO/c1-8(3-4-14-2)15-11-6-9(12)5-10(13)7-11/h5-8,14H,3-4H2,1-2H3. The first kappa shape index (κ1) is 11.9. The van der Waals surface area contributed by atoms with E-state index in [2.05, 4.69) is 5.32 Å². The van der Waals surface area contributed by atoms with Crippen LogP contribution in [0.25, 0.3) is 0 Å². The zero-order valence-electron chi connectivity index (χ0n) is 8.89. The van der Waals surface area contributed by atoms with Crippen LogP contribution >= 0.6 is 0 Å².